The van der Waals surface area contributed by atoms with Crippen LogP contribution in [0, 0.1) is 0 Å². The van der Waals surface area contributed by atoms with Crippen molar-refractivity contribution in [3.8, 4) is 0 Å². The van der Waals surface area contributed by atoms with Gasteiger partial charge in [-0.15, -0.1) is 0 Å². The molecule has 0 aliphatic rings. The molecular weight excluding hydrogens is 397 g/mol. The van der Waals surface area contributed by atoms with Crippen molar-refractivity contribution in [1.82, 2.24) is 10.7 Å². The van der Waals surface area contributed by atoms with Gasteiger partial charge >= 0.3 is 5.97 Å². The number of carboxylic acid groups (broad SMARTS) is 1. The molecule has 0 heterocycles. The molecule has 0 unspecified atom stereocenters. The van der Waals surface area contributed by atoms with Gasteiger partial charge in [0.15, 0.2) is 0 Å². The zero-order valence-electron chi connectivity index (χ0n) is 18.3. The van der Waals surface area contributed by atoms with Gasteiger partial charge in [0.1, 0.15) is 5.83 Å². The molecule has 7 N–H and O–H groups in total. The minimum atomic E-state index is -0.788. The van der Waals surface area contributed by atoms with Gasteiger partial charge in [-0.3, -0.25) is 15.6 Å². The number of hydrogen-bond acceptors (Lipinski definition) is 6. The van der Waals surface area contributed by atoms with Gasteiger partial charge in [-0.05, 0) is 51.3 Å². The number of nitrogens with zero attached hydrogens (tertiary/aromatic N) is 1. The van der Waals surface area contributed by atoms with Crippen molar-refractivity contribution in [2.24, 2.45) is 16.6 Å². The van der Waals surface area contributed by atoms with Crippen molar-refractivity contribution in [3.63, 3.8) is 0 Å². The van der Waals surface area contributed by atoms with Crippen molar-refractivity contribution >= 4 is 12.2 Å². The Hall–Kier alpha value is -3.39. The van der Waals surface area contributed by atoms with E-state index in [4.69, 9.17) is 16.7 Å². The first-order valence-corrected chi connectivity index (χ1v) is 9.94. The first kappa shape index (κ1) is 27.6. The Morgan fingerprint density at radius 3 is 2.68 bits per heavy atom. The summed E-state index contributed by atoms with van der Waals surface area (Å²) in [4.78, 5) is 14.8. The minimum Gasteiger partial charge on any atom is -0.481 e. The van der Waals surface area contributed by atoms with Crippen LogP contribution >= 0.6 is 0 Å². The second-order valence-electron chi connectivity index (χ2n) is 6.47. The third-order valence-corrected chi connectivity index (χ3v) is 3.78. The van der Waals surface area contributed by atoms with Crippen LogP contribution in [0.5, 0.6) is 0 Å². The summed E-state index contributed by atoms with van der Waals surface area (Å²) in [6, 6.07) is 0. The number of hydrogen-bond donors (Lipinski definition) is 5. The van der Waals surface area contributed by atoms with E-state index in [9.17, 15) is 9.18 Å². The SMILES string of the molecule is C=C(/C=C/C=C(\C=C(/C)N=CCCCCC(=O)O)C(/N)=C/NN)NC/C=C\C(F)=C/C. The number of carboxylic acids is 1. The number of nitrogens with two attached hydrogens (primary N) is 2. The number of rotatable bonds is 15. The van der Waals surface area contributed by atoms with Crippen molar-refractivity contribution in [2.75, 3.05) is 6.54 Å². The number of aliphatic carboxylic acids is 1. The van der Waals surface area contributed by atoms with Crippen molar-refractivity contribution < 1.29 is 14.3 Å². The molecule has 7 nitrogen and oxygen atoms in total. The number of halogens is 1. The largest absolute Gasteiger partial charge is 0.481 e. The number of hydrazine groups is 1. The van der Waals surface area contributed by atoms with Crippen LogP contribution in [-0.4, -0.2) is 23.8 Å². The lowest BCUT2D eigenvalue weighted by Crippen LogP contribution is -2.17. The molecule has 0 saturated carbocycles. The minimum absolute atomic E-state index is 0.165. The number of nitrogens with one attached hydrogen (secondary N) is 2. The van der Waals surface area contributed by atoms with Crippen LogP contribution in [-0.2, 0) is 4.79 Å². The first-order valence-electron chi connectivity index (χ1n) is 9.94. The summed E-state index contributed by atoms with van der Waals surface area (Å²) >= 11 is 0. The average molecular weight is 432 g/mol. The Morgan fingerprint density at radius 1 is 1.29 bits per heavy atom. The van der Waals surface area contributed by atoms with Gasteiger partial charge in [0.25, 0.3) is 0 Å². The maximum atomic E-state index is 13.0. The van der Waals surface area contributed by atoms with Crippen LogP contribution in [0.15, 0.2) is 88.8 Å². The summed E-state index contributed by atoms with van der Waals surface area (Å²) in [5, 5.41) is 11.7. The number of carbonyl (C=O) groups is 1. The van der Waals surface area contributed by atoms with Gasteiger partial charge in [0.05, 0.1) is 5.70 Å². The molecule has 0 radical (unpaired) electrons. The highest BCUT2D eigenvalue weighted by Gasteiger charge is 1.98. The van der Waals surface area contributed by atoms with Crippen LogP contribution in [0.3, 0.4) is 0 Å². The third-order valence-electron chi connectivity index (χ3n) is 3.78. The number of unbranched alkanes of at least 4 members (excludes halogenated alkanes) is 2. The molecule has 31 heavy (non-hydrogen) atoms. The van der Waals surface area contributed by atoms with E-state index in [1.54, 1.807) is 43.5 Å². The summed E-state index contributed by atoms with van der Waals surface area (Å²) in [7, 11) is 0. The van der Waals surface area contributed by atoms with Crippen LogP contribution in [0.2, 0.25) is 0 Å². The molecule has 0 aromatic heterocycles. The fourth-order valence-corrected chi connectivity index (χ4v) is 2.17. The van der Waals surface area contributed by atoms with Gasteiger partial charge in [-0.1, -0.05) is 30.9 Å². The second-order valence-corrected chi connectivity index (χ2v) is 6.47. The van der Waals surface area contributed by atoms with Gasteiger partial charge < -0.3 is 21.6 Å². The Bertz CT molecular complexity index is 790. The standard InChI is InChI=1S/C23H34FN5O2/c1-4-21(24)12-9-15-27-18(2)10-8-11-20(22(25)17-29-26)16-19(3)28-14-7-5-6-13-23(30)31/h4,8-12,14,16-17,27,29H,2,5-7,13,15,25-26H2,1,3H3,(H,30,31)/b10-8+,12-9-,19-16+,20-11+,21-4+,22-17-,28-14?. The molecular formula is C23H34FN5O2. The van der Waals surface area contributed by atoms with E-state index in [0.29, 0.717) is 36.4 Å². The fourth-order valence-electron chi connectivity index (χ4n) is 2.17. The number of allylic oxidation sites excluding steroid dienone is 8. The van der Waals surface area contributed by atoms with E-state index in [1.165, 1.54) is 18.4 Å². The van der Waals surface area contributed by atoms with Gasteiger partial charge in [0, 0.05) is 42.3 Å². The van der Waals surface area contributed by atoms with E-state index in [-0.39, 0.29) is 12.2 Å². The second kappa shape index (κ2) is 17.5. The van der Waals surface area contributed by atoms with Crippen LogP contribution in [0.1, 0.15) is 39.5 Å². The highest BCUT2D eigenvalue weighted by Crippen LogP contribution is 2.11. The van der Waals surface area contributed by atoms with Crippen LogP contribution in [0.25, 0.3) is 0 Å². The average Bonchev–Trinajstić information content (AvgIpc) is 2.72. The summed E-state index contributed by atoms with van der Waals surface area (Å²) in [5.74, 6) is 4.23. The highest BCUT2D eigenvalue weighted by atomic mass is 19.1. The monoisotopic (exact) mass is 431 g/mol. The maximum absolute atomic E-state index is 13.0. The quantitative estimate of drug-likeness (QED) is 0.0881. The third kappa shape index (κ3) is 16.1. The first-order chi connectivity index (χ1) is 14.8. The summed E-state index contributed by atoms with van der Waals surface area (Å²) < 4.78 is 13.0. The lowest BCUT2D eigenvalue weighted by Gasteiger charge is -2.04. The molecule has 0 aliphatic heterocycles. The molecule has 0 bridgehead atoms. The molecule has 170 valence electrons. The Labute approximate surface area is 184 Å². The molecule has 0 aliphatic carbocycles. The van der Waals surface area contributed by atoms with Gasteiger partial charge in [-0.25, -0.2) is 4.39 Å². The fraction of sp³-hybridized carbons (Fsp3) is 0.304. The van der Waals surface area contributed by atoms with E-state index < -0.39 is 5.97 Å². The van der Waals surface area contributed by atoms with Crippen LogP contribution < -0.4 is 22.3 Å². The van der Waals surface area contributed by atoms with Crippen molar-refractivity contribution in [1.29, 1.82) is 0 Å². The van der Waals surface area contributed by atoms with E-state index >= 15 is 0 Å². The lowest BCUT2D eigenvalue weighted by atomic mass is 10.1. The molecule has 8 heteroatoms. The highest BCUT2D eigenvalue weighted by molar-refractivity contribution is 5.66. The molecule has 0 atom stereocenters. The van der Waals surface area contributed by atoms with Gasteiger partial charge in [0.2, 0.25) is 0 Å². The molecule has 0 aromatic rings. The van der Waals surface area contributed by atoms with E-state index in [1.807, 2.05) is 6.92 Å². The Morgan fingerprint density at radius 2 is 2.03 bits per heavy atom. The summed E-state index contributed by atoms with van der Waals surface area (Å²) in [6.07, 6.45) is 17.0. The summed E-state index contributed by atoms with van der Waals surface area (Å²) in [6.45, 7) is 7.79. The molecule has 0 aromatic carbocycles. The molecule has 0 saturated heterocycles. The van der Waals surface area contributed by atoms with E-state index in [2.05, 4.69) is 22.3 Å². The summed E-state index contributed by atoms with van der Waals surface area (Å²) in [5.41, 5.74) is 10.9. The Kier molecular flexibility index (Phi) is 15.6. The smallest absolute Gasteiger partial charge is 0.303 e. The zero-order chi connectivity index (χ0) is 23.5. The van der Waals surface area contributed by atoms with E-state index in [0.717, 1.165) is 12.1 Å². The normalized spacial score (nSPS) is 14.1. The predicted molar refractivity (Wildman–Crippen MR) is 126 cm³/mol. The Balaban J connectivity index is 4.95. The molecule has 0 amide bonds. The lowest BCUT2D eigenvalue weighted by molar-refractivity contribution is -0.137. The molecule has 0 fully saturated rings. The van der Waals surface area contributed by atoms with Gasteiger partial charge in [-0.2, -0.15) is 0 Å². The molecule has 0 rings (SSSR count). The zero-order valence-corrected chi connectivity index (χ0v) is 18.3. The predicted octanol–water partition coefficient (Wildman–Crippen LogP) is 3.88. The van der Waals surface area contributed by atoms with Crippen molar-refractivity contribution in [2.45, 2.75) is 39.5 Å². The van der Waals surface area contributed by atoms with Crippen LogP contribution in [0.4, 0.5) is 4.39 Å². The number of aliphatic imine (C=N–C) groups is 1. The maximum Gasteiger partial charge on any atom is 0.303 e. The molecule has 0 spiro atoms. The van der Waals surface area contributed by atoms with Crippen molar-refractivity contribution in [3.05, 3.63) is 83.8 Å². The topological polar surface area (TPSA) is 126 Å².